The second kappa shape index (κ2) is 7.35. The zero-order chi connectivity index (χ0) is 19.9. The molecule has 0 aliphatic rings. The van der Waals surface area contributed by atoms with Gasteiger partial charge in [-0.3, -0.25) is 4.57 Å². The van der Waals surface area contributed by atoms with Gasteiger partial charge in [-0.05, 0) is 45.4 Å². The molecule has 0 bridgehead atoms. The summed E-state index contributed by atoms with van der Waals surface area (Å²) in [5.41, 5.74) is 0.296. The van der Waals surface area contributed by atoms with Crippen molar-refractivity contribution >= 4 is 40.4 Å². The van der Waals surface area contributed by atoms with E-state index in [-0.39, 0.29) is 11.0 Å². The van der Waals surface area contributed by atoms with Crippen molar-refractivity contribution in [3.8, 4) is 0 Å². The molecule has 0 unspecified atom stereocenters. The van der Waals surface area contributed by atoms with Crippen LogP contribution in [-0.2, 0) is 11.3 Å². The summed E-state index contributed by atoms with van der Waals surface area (Å²) in [4.78, 5) is 15.9. The van der Waals surface area contributed by atoms with E-state index in [9.17, 15) is 14.8 Å². The third-order valence-electron chi connectivity index (χ3n) is 3.58. The number of carbonyl (C=O) groups excluding carboxylic acids is 1. The Balaban J connectivity index is 2.35. The van der Waals surface area contributed by atoms with Gasteiger partial charge < -0.3 is 19.7 Å². The Labute approximate surface area is 159 Å². The summed E-state index contributed by atoms with van der Waals surface area (Å²) in [7, 11) is 0.328. The van der Waals surface area contributed by atoms with Gasteiger partial charge in [-0.1, -0.05) is 20.8 Å². The average Bonchev–Trinajstić information content (AvgIpc) is 2.89. The van der Waals surface area contributed by atoms with Crippen LogP contribution in [0.5, 0.6) is 0 Å². The summed E-state index contributed by atoms with van der Waals surface area (Å²) < 4.78 is 7.52. The van der Waals surface area contributed by atoms with Crippen LogP contribution in [0.3, 0.4) is 0 Å². The van der Waals surface area contributed by atoms with Crippen LogP contribution in [0.4, 0.5) is 4.79 Å². The Bertz CT molecular complexity index is 784. The maximum absolute atomic E-state index is 12.6. The van der Waals surface area contributed by atoms with Gasteiger partial charge in [-0.15, -0.1) is 11.3 Å². The number of fused-ring (bicyclic) bond motifs is 1. The fourth-order valence-corrected chi connectivity index (χ4v) is 4.15. The Kier molecular flexibility index (Phi) is 5.92. The smallest absolute Gasteiger partial charge is 0.443 e. The standard InChI is InChI=1S/C18H29BN2O4S/c1-17(2,3)11-20(7)10-12-8-13-14(26-12)9-15(19(23)24)21(13)16(22)25-18(4,5)6/h8-9,23-24H,10-11H2,1-7H3. The number of hydrogen-bond donors (Lipinski definition) is 2. The third kappa shape index (κ3) is 5.33. The zero-order valence-electron chi connectivity index (χ0n) is 16.7. The van der Waals surface area contributed by atoms with E-state index in [2.05, 4.69) is 32.7 Å². The highest BCUT2D eigenvalue weighted by atomic mass is 32.1. The van der Waals surface area contributed by atoms with Crippen molar-refractivity contribution in [2.45, 2.75) is 53.7 Å². The highest BCUT2D eigenvalue weighted by Crippen LogP contribution is 2.28. The molecule has 0 saturated heterocycles. The van der Waals surface area contributed by atoms with Gasteiger partial charge in [-0.2, -0.15) is 0 Å². The van der Waals surface area contributed by atoms with Crippen LogP contribution in [0.15, 0.2) is 12.1 Å². The van der Waals surface area contributed by atoms with Crippen molar-refractivity contribution in [2.75, 3.05) is 13.6 Å². The van der Waals surface area contributed by atoms with E-state index < -0.39 is 18.8 Å². The first-order chi connectivity index (χ1) is 11.8. The van der Waals surface area contributed by atoms with E-state index in [4.69, 9.17) is 4.74 Å². The number of hydrogen-bond acceptors (Lipinski definition) is 6. The Morgan fingerprint density at radius 3 is 2.35 bits per heavy atom. The number of rotatable bonds is 4. The molecule has 2 heterocycles. The molecule has 0 aliphatic heterocycles. The molecular weight excluding hydrogens is 351 g/mol. The summed E-state index contributed by atoms with van der Waals surface area (Å²) in [5.74, 6) is 0. The molecule has 26 heavy (non-hydrogen) atoms. The van der Waals surface area contributed by atoms with E-state index in [0.29, 0.717) is 5.52 Å². The fraction of sp³-hybridized carbons (Fsp3) is 0.611. The van der Waals surface area contributed by atoms with E-state index in [1.54, 1.807) is 38.2 Å². The molecule has 0 aromatic carbocycles. The number of ether oxygens (including phenoxy) is 1. The van der Waals surface area contributed by atoms with Gasteiger partial charge >= 0.3 is 13.2 Å². The summed E-state index contributed by atoms with van der Waals surface area (Å²) in [6.07, 6.45) is -0.608. The first kappa shape index (κ1) is 21.0. The summed E-state index contributed by atoms with van der Waals surface area (Å²) in [6, 6.07) is 3.57. The third-order valence-corrected chi connectivity index (χ3v) is 4.64. The number of nitrogens with zero attached hydrogens (tertiary/aromatic N) is 2. The quantitative estimate of drug-likeness (QED) is 0.798. The molecule has 2 rings (SSSR count). The SMILES string of the molecule is CN(Cc1cc2c(cc(B(O)O)n2C(=O)OC(C)(C)C)s1)CC(C)(C)C. The lowest BCUT2D eigenvalue weighted by molar-refractivity contribution is 0.0548. The predicted octanol–water partition coefficient (Wildman–Crippen LogP) is 2.64. The van der Waals surface area contributed by atoms with Crippen molar-refractivity contribution in [2.24, 2.45) is 5.41 Å². The van der Waals surface area contributed by atoms with E-state index in [1.165, 1.54) is 4.57 Å². The molecule has 144 valence electrons. The Hall–Kier alpha value is -1.35. The second-order valence-corrected chi connectivity index (χ2v) is 10.1. The van der Waals surface area contributed by atoms with Crippen LogP contribution in [0.1, 0.15) is 46.4 Å². The molecule has 0 spiro atoms. The van der Waals surface area contributed by atoms with Crippen molar-refractivity contribution in [3.63, 3.8) is 0 Å². The van der Waals surface area contributed by atoms with Crippen LogP contribution in [-0.4, -0.2) is 51.9 Å². The van der Waals surface area contributed by atoms with Gasteiger partial charge in [0.1, 0.15) is 5.60 Å². The highest BCUT2D eigenvalue weighted by Gasteiger charge is 2.28. The molecule has 6 nitrogen and oxygen atoms in total. The summed E-state index contributed by atoms with van der Waals surface area (Å²) >= 11 is 1.55. The molecular formula is C18H29BN2O4S. The molecule has 0 saturated carbocycles. The number of carbonyl (C=O) groups is 1. The predicted molar refractivity (Wildman–Crippen MR) is 107 cm³/mol. The Morgan fingerprint density at radius 1 is 1.23 bits per heavy atom. The largest absolute Gasteiger partial charge is 0.506 e. The molecule has 0 fully saturated rings. The summed E-state index contributed by atoms with van der Waals surface area (Å²) in [5, 5.41) is 19.3. The van der Waals surface area contributed by atoms with Crippen molar-refractivity contribution < 1.29 is 19.6 Å². The fourth-order valence-electron chi connectivity index (χ4n) is 2.97. The lowest BCUT2D eigenvalue weighted by Crippen LogP contribution is -2.41. The van der Waals surface area contributed by atoms with E-state index >= 15 is 0 Å². The van der Waals surface area contributed by atoms with Gasteiger partial charge in [-0.25, -0.2) is 4.79 Å². The molecule has 2 aromatic heterocycles. The van der Waals surface area contributed by atoms with Crippen molar-refractivity contribution in [1.29, 1.82) is 0 Å². The molecule has 0 aliphatic carbocycles. The van der Waals surface area contributed by atoms with Crippen LogP contribution in [0.25, 0.3) is 10.2 Å². The number of thiophene rings is 1. The molecule has 2 aromatic rings. The molecule has 8 heteroatoms. The minimum atomic E-state index is -1.74. The molecule has 0 amide bonds. The molecule has 0 atom stereocenters. The van der Waals surface area contributed by atoms with E-state index in [0.717, 1.165) is 22.7 Å². The Morgan fingerprint density at radius 2 is 1.85 bits per heavy atom. The highest BCUT2D eigenvalue weighted by molar-refractivity contribution is 7.19. The van der Waals surface area contributed by atoms with Gasteiger partial charge in [0, 0.05) is 18.0 Å². The minimum absolute atomic E-state index is 0.120. The lowest BCUT2D eigenvalue weighted by Gasteiger charge is -2.26. The first-order valence-corrected chi connectivity index (χ1v) is 9.50. The van der Waals surface area contributed by atoms with Gasteiger partial charge in [0.2, 0.25) is 0 Å². The van der Waals surface area contributed by atoms with Gasteiger partial charge in [0.05, 0.1) is 15.8 Å². The molecule has 2 N–H and O–H groups in total. The van der Waals surface area contributed by atoms with E-state index in [1.807, 2.05) is 6.07 Å². The summed E-state index contributed by atoms with van der Waals surface area (Å²) in [6.45, 7) is 13.6. The van der Waals surface area contributed by atoms with Crippen LogP contribution in [0, 0.1) is 5.41 Å². The van der Waals surface area contributed by atoms with Crippen LogP contribution < -0.4 is 5.59 Å². The topological polar surface area (TPSA) is 74.9 Å². The van der Waals surface area contributed by atoms with Crippen molar-refractivity contribution in [1.82, 2.24) is 9.47 Å². The van der Waals surface area contributed by atoms with Crippen molar-refractivity contribution in [3.05, 3.63) is 17.0 Å². The maximum Gasteiger partial charge on any atom is 0.506 e. The maximum atomic E-state index is 12.6. The molecule has 0 radical (unpaired) electrons. The average molecular weight is 380 g/mol. The van der Waals surface area contributed by atoms with Crippen LogP contribution in [0.2, 0.25) is 0 Å². The lowest BCUT2D eigenvalue weighted by atomic mass is 9.86. The minimum Gasteiger partial charge on any atom is -0.443 e. The van der Waals surface area contributed by atoms with Gasteiger partial charge in [0.15, 0.2) is 0 Å². The monoisotopic (exact) mass is 380 g/mol. The van der Waals surface area contributed by atoms with Crippen LogP contribution >= 0.6 is 11.3 Å². The zero-order valence-corrected chi connectivity index (χ0v) is 17.5. The first-order valence-electron chi connectivity index (χ1n) is 8.69. The number of aromatic nitrogens is 1. The van der Waals surface area contributed by atoms with Gasteiger partial charge in [0.25, 0.3) is 0 Å². The second-order valence-electron chi connectivity index (χ2n) is 8.95. The normalized spacial score (nSPS) is 12.8.